The Morgan fingerprint density at radius 1 is 1.37 bits per heavy atom. The number of hydrogen-bond acceptors (Lipinski definition) is 3. The van der Waals surface area contributed by atoms with Gasteiger partial charge < -0.3 is 5.32 Å². The quantitative estimate of drug-likeness (QED) is 0.851. The van der Waals surface area contributed by atoms with Gasteiger partial charge in [-0.15, -0.1) is 0 Å². The fourth-order valence-corrected chi connectivity index (χ4v) is 2.68. The van der Waals surface area contributed by atoms with Crippen molar-refractivity contribution in [1.82, 2.24) is 5.32 Å². The van der Waals surface area contributed by atoms with Crippen molar-refractivity contribution in [3.8, 4) is 0 Å². The van der Waals surface area contributed by atoms with E-state index in [2.05, 4.69) is 12.2 Å². The zero-order valence-corrected chi connectivity index (χ0v) is 11.6. The molecule has 2 unspecified atom stereocenters. The van der Waals surface area contributed by atoms with Gasteiger partial charge in [0.15, 0.2) is 0 Å². The molecule has 1 aliphatic carbocycles. The van der Waals surface area contributed by atoms with Gasteiger partial charge in [0.25, 0.3) is 5.91 Å². The van der Waals surface area contributed by atoms with Crippen LogP contribution in [0.3, 0.4) is 0 Å². The second kappa shape index (κ2) is 5.30. The van der Waals surface area contributed by atoms with Crippen LogP contribution in [-0.4, -0.2) is 20.4 Å². The third kappa shape index (κ3) is 3.54. The van der Waals surface area contributed by atoms with Crippen molar-refractivity contribution < 1.29 is 13.2 Å². The molecule has 0 bridgehead atoms. The minimum Gasteiger partial charge on any atom is -0.349 e. The van der Waals surface area contributed by atoms with Crippen molar-refractivity contribution in [3.05, 3.63) is 29.8 Å². The molecule has 6 heteroatoms. The summed E-state index contributed by atoms with van der Waals surface area (Å²) in [5.41, 5.74) is 0.453. The first kappa shape index (κ1) is 14.0. The maximum atomic E-state index is 11.9. The van der Waals surface area contributed by atoms with E-state index in [9.17, 15) is 13.2 Å². The van der Waals surface area contributed by atoms with Gasteiger partial charge in [0.1, 0.15) is 0 Å². The summed E-state index contributed by atoms with van der Waals surface area (Å²) >= 11 is 0. The molecule has 0 radical (unpaired) electrons. The van der Waals surface area contributed by atoms with E-state index in [4.69, 9.17) is 5.14 Å². The highest BCUT2D eigenvalue weighted by atomic mass is 32.2. The number of nitrogens with one attached hydrogen (secondary N) is 1. The van der Waals surface area contributed by atoms with E-state index in [1.54, 1.807) is 0 Å². The largest absolute Gasteiger partial charge is 0.349 e. The van der Waals surface area contributed by atoms with E-state index in [1.165, 1.54) is 24.3 Å². The van der Waals surface area contributed by atoms with Gasteiger partial charge in [-0.2, -0.15) is 0 Å². The van der Waals surface area contributed by atoms with Gasteiger partial charge in [-0.25, -0.2) is 13.6 Å². The molecule has 1 saturated carbocycles. The number of nitrogens with two attached hydrogens (primary N) is 1. The average Bonchev–Trinajstić information content (AvgIpc) is 3.07. The zero-order valence-electron chi connectivity index (χ0n) is 10.8. The van der Waals surface area contributed by atoms with Crippen LogP contribution in [0, 0.1) is 5.92 Å². The smallest absolute Gasteiger partial charge is 0.251 e. The highest BCUT2D eigenvalue weighted by Gasteiger charge is 2.37. The number of sulfonamides is 1. The van der Waals surface area contributed by atoms with Gasteiger partial charge in [0, 0.05) is 11.6 Å². The lowest BCUT2D eigenvalue weighted by Crippen LogP contribution is -2.26. The monoisotopic (exact) mass is 282 g/mol. The lowest BCUT2D eigenvalue weighted by molar-refractivity contribution is 0.0948. The first-order valence-electron chi connectivity index (χ1n) is 6.35. The Kier molecular flexibility index (Phi) is 3.91. The van der Waals surface area contributed by atoms with Crippen LogP contribution in [0.1, 0.15) is 36.5 Å². The minimum atomic E-state index is -3.70. The Hall–Kier alpha value is -1.40. The number of benzene rings is 1. The van der Waals surface area contributed by atoms with E-state index in [0.717, 1.165) is 19.3 Å². The highest BCUT2D eigenvalue weighted by molar-refractivity contribution is 7.89. The standard InChI is InChI=1S/C13H18N2O3S/c1-2-3-10-8-12(10)15-13(16)9-4-6-11(7-5-9)19(14,17)18/h4-7,10,12H,2-3,8H2,1H3,(H,15,16)(H2,14,17,18). The molecular weight excluding hydrogens is 264 g/mol. The summed E-state index contributed by atoms with van der Waals surface area (Å²) in [7, 11) is -3.70. The van der Waals surface area contributed by atoms with Gasteiger partial charge in [-0.1, -0.05) is 13.3 Å². The van der Waals surface area contributed by atoms with Crippen molar-refractivity contribution in [2.45, 2.75) is 37.1 Å². The third-order valence-electron chi connectivity index (χ3n) is 3.34. The van der Waals surface area contributed by atoms with Crippen LogP contribution in [0.15, 0.2) is 29.2 Å². The summed E-state index contributed by atoms with van der Waals surface area (Å²) in [6.07, 6.45) is 3.30. The first-order valence-corrected chi connectivity index (χ1v) is 7.90. The third-order valence-corrected chi connectivity index (χ3v) is 4.27. The van der Waals surface area contributed by atoms with E-state index in [1.807, 2.05) is 0 Å². The van der Waals surface area contributed by atoms with E-state index < -0.39 is 10.0 Å². The molecule has 0 saturated heterocycles. The van der Waals surface area contributed by atoms with Crippen LogP contribution in [0.5, 0.6) is 0 Å². The summed E-state index contributed by atoms with van der Waals surface area (Å²) in [5.74, 6) is 0.433. The van der Waals surface area contributed by atoms with Crippen molar-refractivity contribution in [2.24, 2.45) is 11.1 Å². The van der Waals surface area contributed by atoms with Gasteiger partial charge >= 0.3 is 0 Å². The minimum absolute atomic E-state index is 0.0133. The van der Waals surface area contributed by atoms with Gasteiger partial charge in [0.2, 0.25) is 10.0 Å². The van der Waals surface area contributed by atoms with Crippen molar-refractivity contribution in [2.75, 3.05) is 0 Å². The molecule has 0 heterocycles. The Morgan fingerprint density at radius 2 is 2.00 bits per heavy atom. The SMILES string of the molecule is CCCC1CC1NC(=O)c1ccc(S(N)(=O)=O)cc1. The second-order valence-electron chi connectivity index (χ2n) is 4.93. The molecule has 19 heavy (non-hydrogen) atoms. The molecule has 2 atom stereocenters. The molecule has 1 aliphatic rings. The molecule has 1 aromatic carbocycles. The summed E-state index contributed by atoms with van der Waals surface area (Å²) < 4.78 is 22.2. The molecule has 104 valence electrons. The van der Waals surface area contributed by atoms with Gasteiger partial charge in [0.05, 0.1) is 4.90 Å². The fourth-order valence-electron chi connectivity index (χ4n) is 2.16. The molecule has 2 rings (SSSR count). The normalized spacial score (nSPS) is 22.0. The number of carbonyl (C=O) groups excluding carboxylic acids is 1. The Morgan fingerprint density at radius 3 is 2.53 bits per heavy atom. The Balaban J connectivity index is 1.97. The number of primary sulfonamides is 1. The second-order valence-corrected chi connectivity index (χ2v) is 6.50. The lowest BCUT2D eigenvalue weighted by Gasteiger charge is -2.05. The van der Waals surface area contributed by atoms with Crippen LogP contribution in [0.2, 0.25) is 0 Å². The number of hydrogen-bond donors (Lipinski definition) is 2. The van der Waals surface area contributed by atoms with Gasteiger partial charge in [-0.05, 0) is 43.0 Å². The van der Waals surface area contributed by atoms with E-state index >= 15 is 0 Å². The van der Waals surface area contributed by atoms with Crippen LogP contribution >= 0.6 is 0 Å². The summed E-state index contributed by atoms with van der Waals surface area (Å²) in [4.78, 5) is 11.9. The van der Waals surface area contributed by atoms with Crippen LogP contribution < -0.4 is 10.5 Å². The van der Waals surface area contributed by atoms with Crippen LogP contribution in [-0.2, 0) is 10.0 Å². The summed E-state index contributed by atoms with van der Waals surface area (Å²) in [5, 5.41) is 7.94. The van der Waals surface area contributed by atoms with E-state index in [0.29, 0.717) is 11.5 Å². The summed E-state index contributed by atoms with van der Waals surface area (Å²) in [6.45, 7) is 2.13. The Labute approximate surface area is 113 Å². The predicted octanol–water partition coefficient (Wildman–Crippen LogP) is 1.25. The fraction of sp³-hybridized carbons (Fsp3) is 0.462. The summed E-state index contributed by atoms with van der Waals surface area (Å²) in [6, 6.07) is 5.92. The highest BCUT2D eigenvalue weighted by Crippen LogP contribution is 2.34. The molecule has 0 spiro atoms. The van der Waals surface area contributed by atoms with Crippen molar-refractivity contribution in [3.63, 3.8) is 0 Å². The molecule has 3 N–H and O–H groups in total. The van der Waals surface area contributed by atoms with Crippen molar-refractivity contribution in [1.29, 1.82) is 0 Å². The molecule has 1 aromatic rings. The molecular formula is C13H18N2O3S. The van der Waals surface area contributed by atoms with Gasteiger partial charge in [-0.3, -0.25) is 4.79 Å². The average molecular weight is 282 g/mol. The number of rotatable bonds is 5. The molecule has 1 fully saturated rings. The predicted molar refractivity (Wildman–Crippen MR) is 72.1 cm³/mol. The van der Waals surface area contributed by atoms with Crippen molar-refractivity contribution >= 4 is 15.9 Å². The van der Waals surface area contributed by atoms with E-state index in [-0.39, 0.29) is 16.8 Å². The molecule has 1 amide bonds. The topological polar surface area (TPSA) is 89.3 Å². The molecule has 0 aliphatic heterocycles. The Bertz CT molecular complexity index is 566. The maximum Gasteiger partial charge on any atom is 0.251 e. The number of amides is 1. The van der Waals surface area contributed by atoms with Crippen LogP contribution in [0.25, 0.3) is 0 Å². The molecule has 0 aromatic heterocycles. The zero-order chi connectivity index (χ0) is 14.0. The van der Waals surface area contributed by atoms with Crippen LogP contribution in [0.4, 0.5) is 0 Å². The molecule has 5 nitrogen and oxygen atoms in total. The lowest BCUT2D eigenvalue weighted by atomic mass is 10.2. The first-order chi connectivity index (χ1) is 8.91. The number of carbonyl (C=O) groups is 1. The maximum absolute atomic E-state index is 11.9.